The fourth-order valence-electron chi connectivity index (χ4n) is 7.13. The number of esters is 1. The molecule has 1 aromatic heterocycles. The van der Waals surface area contributed by atoms with Crippen LogP contribution in [0.3, 0.4) is 0 Å². The lowest BCUT2D eigenvalue weighted by Crippen LogP contribution is -2.53. The molecular formula is C26H39NO3. The Kier molecular flexibility index (Phi) is 6.16. The molecule has 4 atom stereocenters. The lowest BCUT2D eigenvalue weighted by atomic mass is 9.46. The van der Waals surface area contributed by atoms with Crippen molar-refractivity contribution >= 4 is 5.97 Å². The number of carbonyl (C=O) groups excluding carboxylic acids is 1. The highest BCUT2D eigenvalue weighted by Gasteiger charge is 2.57. The van der Waals surface area contributed by atoms with Gasteiger partial charge in [-0.2, -0.15) is 0 Å². The fourth-order valence-corrected chi connectivity index (χ4v) is 7.13. The van der Waals surface area contributed by atoms with E-state index in [2.05, 4.69) is 31.4 Å². The van der Waals surface area contributed by atoms with E-state index < -0.39 is 0 Å². The second kappa shape index (κ2) is 8.53. The van der Waals surface area contributed by atoms with Gasteiger partial charge in [-0.3, -0.25) is 9.69 Å². The Morgan fingerprint density at radius 3 is 2.77 bits per heavy atom. The van der Waals surface area contributed by atoms with Gasteiger partial charge in [-0.25, -0.2) is 0 Å². The number of fused-ring (bicyclic) bond motifs is 1. The topological polar surface area (TPSA) is 42.7 Å². The van der Waals surface area contributed by atoms with Crippen LogP contribution in [-0.2, 0) is 22.5 Å². The van der Waals surface area contributed by atoms with Gasteiger partial charge >= 0.3 is 5.97 Å². The quantitative estimate of drug-likeness (QED) is 0.439. The largest absolute Gasteiger partial charge is 0.469 e. The lowest BCUT2D eigenvalue weighted by Gasteiger charge is -2.57. The van der Waals surface area contributed by atoms with Crippen LogP contribution in [0.1, 0.15) is 76.5 Å². The predicted molar refractivity (Wildman–Crippen MR) is 119 cm³/mol. The summed E-state index contributed by atoms with van der Waals surface area (Å²) in [5, 5.41) is 0. The van der Waals surface area contributed by atoms with Gasteiger partial charge in [-0.15, -0.1) is 0 Å². The van der Waals surface area contributed by atoms with Crippen LogP contribution >= 0.6 is 0 Å². The number of hydrogen-bond acceptors (Lipinski definition) is 4. The fraction of sp³-hybridized carbons (Fsp3) is 0.731. The summed E-state index contributed by atoms with van der Waals surface area (Å²) in [6.07, 6.45) is 11.9. The van der Waals surface area contributed by atoms with Crippen molar-refractivity contribution in [1.29, 1.82) is 0 Å². The van der Waals surface area contributed by atoms with E-state index in [-0.39, 0.29) is 16.8 Å². The molecule has 166 valence electrons. The van der Waals surface area contributed by atoms with E-state index >= 15 is 0 Å². The van der Waals surface area contributed by atoms with Crippen LogP contribution in [0.4, 0.5) is 0 Å². The first-order valence-electron chi connectivity index (χ1n) is 11.9. The molecule has 2 saturated carbocycles. The van der Waals surface area contributed by atoms with Crippen molar-refractivity contribution < 1.29 is 13.9 Å². The molecule has 4 rings (SSSR count). The normalized spacial score (nSPS) is 34.7. The first-order chi connectivity index (χ1) is 14.4. The maximum Gasteiger partial charge on any atom is 0.311 e. The molecule has 0 unspecified atom stereocenters. The van der Waals surface area contributed by atoms with Crippen molar-refractivity contribution in [2.75, 3.05) is 20.2 Å². The third-order valence-electron chi connectivity index (χ3n) is 8.78. The average molecular weight is 414 g/mol. The second-order valence-electron chi connectivity index (χ2n) is 10.5. The second-order valence-corrected chi connectivity index (χ2v) is 10.5. The Labute approximate surface area is 182 Å². The van der Waals surface area contributed by atoms with Gasteiger partial charge in [0.15, 0.2) is 0 Å². The molecule has 0 spiro atoms. The summed E-state index contributed by atoms with van der Waals surface area (Å²) in [6.45, 7) is 12.4. The van der Waals surface area contributed by atoms with E-state index in [1.54, 1.807) is 7.11 Å². The van der Waals surface area contributed by atoms with Crippen molar-refractivity contribution in [3.63, 3.8) is 0 Å². The summed E-state index contributed by atoms with van der Waals surface area (Å²) >= 11 is 0. The molecule has 3 aliphatic rings. The molecule has 0 radical (unpaired) electrons. The van der Waals surface area contributed by atoms with Gasteiger partial charge in [0.05, 0.1) is 25.3 Å². The number of aryl methyl sites for hydroxylation is 1. The number of furan rings is 1. The van der Waals surface area contributed by atoms with Gasteiger partial charge in [0.2, 0.25) is 0 Å². The van der Waals surface area contributed by atoms with Gasteiger partial charge < -0.3 is 9.15 Å². The van der Waals surface area contributed by atoms with Crippen molar-refractivity contribution in [2.45, 2.75) is 78.2 Å². The molecule has 0 N–H and O–H groups in total. The Morgan fingerprint density at radius 2 is 2.03 bits per heavy atom. The molecule has 30 heavy (non-hydrogen) atoms. The Hall–Kier alpha value is -1.55. The molecule has 0 aromatic carbocycles. The first-order valence-corrected chi connectivity index (χ1v) is 11.9. The van der Waals surface area contributed by atoms with Gasteiger partial charge in [-0.05, 0) is 100 Å². The monoisotopic (exact) mass is 413 g/mol. The molecule has 2 aliphatic carbocycles. The zero-order valence-corrected chi connectivity index (χ0v) is 19.2. The molecule has 0 amide bonds. The maximum absolute atomic E-state index is 12.8. The van der Waals surface area contributed by atoms with Crippen LogP contribution < -0.4 is 0 Å². The van der Waals surface area contributed by atoms with Gasteiger partial charge in [-0.1, -0.05) is 25.5 Å². The van der Waals surface area contributed by atoms with Gasteiger partial charge in [0.25, 0.3) is 0 Å². The minimum absolute atomic E-state index is 0.0209. The van der Waals surface area contributed by atoms with Crippen molar-refractivity contribution in [3.8, 4) is 0 Å². The number of methoxy groups -OCH3 is 1. The summed E-state index contributed by atoms with van der Waals surface area (Å²) in [7, 11) is 1.54. The van der Waals surface area contributed by atoms with Gasteiger partial charge in [0.1, 0.15) is 5.76 Å². The third kappa shape index (κ3) is 3.77. The van der Waals surface area contributed by atoms with Crippen LogP contribution in [0, 0.1) is 22.7 Å². The molecule has 0 bridgehead atoms. The molecule has 1 aromatic rings. The van der Waals surface area contributed by atoms with Crippen molar-refractivity contribution in [2.24, 2.45) is 22.7 Å². The summed E-state index contributed by atoms with van der Waals surface area (Å²) in [5.41, 5.74) is 2.49. The van der Waals surface area contributed by atoms with Crippen molar-refractivity contribution in [1.82, 2.24) is 4.90 Å². The highest BCUT2D eigenvalue weighted by atomic mass is 16.5. The average Bonchev–Trinajstić information content (AvgIpc) is 3.39. The molecule has 4 heteroatoms. The highest BCUT2D eigenvalue weighted by Crippen LogP contribution is 2.62. The number of carbonyl (C=O) groups is 1. The zero-order valence-electron chi connectivity index (χ0n) is 19.2. The summed E-state index contributed by atoms with van der Waals surface area (Å²) in [4.78, 5) is 15.3. The summed E-state index contributed by atoms with van der Waals surface area (Å²) in [5.74, 6) is 1.95. The van der Waals surface area contributed by atoms with E-state index in [9.17, 15) is 4.79 Å². The molecule has 1 aliphatic heterocycles. The molecule has 2 heterocycles. The predicted octanol–water partition coefficient (Wildman–Crippen LogP) is 5.76. The first kappa shape index (κ1) is 21.7. The van der Waals surface area contributed by atoms with E-state index in [0.29, 0.717) is 11.8 Å². The number of rotatable bonds is 6. The Balaban J connectivity index is 1.50. The van der Waals surface area contributed by atoms with Gasteiger partial charge in [0, 0.05) is 0 Å². The van der Waals surface area contributed by atoms with E-state index in [4.69, 9.17) is 9.15 Å². The maximum atomic E-state index is 12.8. The van der Waals surface area contributed by atoms with Crippen LogP contribution in [0.5, 0.6) is 0 Å². The third-order valence-corrected chi connectivity index (χ3v) is 8.78. The molecule has 1 saturated heterocycles. The zero-order chi connectivity index (χ0) is 21.4. The van der Waals surface area contributed by atoms with E-state index in [1.165, 1.54) is 43.5 Å². The van der Waals surface area contributed by atoms with E-state index in [0.717, 1.165) is 50.8 Å². The molecular weight excluding hydrogens is 374 g/mol. The summed E-state index contributed by atoms with van der Waals surface area (Å²) < 4.78 is 11.1. The minimum Gasteiger partial charge on any atom is -0.469 e. The van der Waals surface area contributed by atoms with Crippen LogP contribution in [-0.4, -0.2) is 31.1 Å². The highest BCUT2D eigenvalue weighted by molar-refractivity contribution is 5.77. The van der Waals surface area contributed by atoms with Crippen LogP contribution in [0.25, 0.3) is 0 Å². The number of nitrogens with zero attached hydrogens (tertiary/aromatic N) is 1. The number of allylic oxidation sites excluding steroid dienone is 1. The smallest absolute Gasteiger partial charge is 0.311 e. The lowest BCUT2D eigenvalue weighted by molar-refractivity contribution is -0.168. The minimum atomic E-state index is -0.364. The summed E-state index contributed by atoms with van der Waals surface area (Å²) in [6, 6.07) is 2.16. The van der Waals surface area contributed by atoms with Crippen LogP contribution in [0.15, 0.2) is 28.9 Å². The SMILES string of the molecule is C=C1CC[C@H]2[C@](C)(CCC[C@]2(C)C(=O)OC)[C@H]1CCc1ccoc1CN1CCCC1. The number of ether oxygens (including phenoxy) is 1. The van der Waals surface area contributed by atoms with Crippen LogP contribution in [0.2, 0.25) is 0 Å². The van der Waals surface area contributed by atoms with Crippen molar-refractivity contribution in [3.05, 3.63) is 35.8 Å². The Morgan fingerprint density at radius 1 is 1.27 bits per heavy atom. The number of hydrogen-bond donors (Lipinski definition) is 0. The van der Waals surface area contributed by atoms with E-state index in [1.807, 2.05) is 6.26 Å². The molecule has 3 fully saturated rings. The Bertz CT molecular complexity index is 777. The number of likely N-dealkylation sites (tertiary alicyclic amines) is 1. The molecule has 4 nitrogen and oxygen atoms in total. The standard InChI is InChI=1S/C26H39NO3/c1-19-8-11-23-25(2,13-7-14-26(23,3)24(28)29-4)21(19)10-9-20-12-17-30-22(20)18-27-15-5-6-16-27/h12,17,21,23H,1,5-11,13-16,18H2,2-4H3/t21-,23-,25+,26-/m0/s1.